The molecule has 37 heavy (non-hydrogen) atoms. The van der Waals surface area contributed by atoms with Crippen molar-refractivity contribution >= 4 is 34.6 Å². The first-order valence-corrected chi connectivity index (χ1v) is 12.1. The Morgan fingerprint density at radius 3 is 2.65 bits per heavy atom. The van der Waals surface area contributed by atoms with E-state index in [2.05, 4.69) is 15.6 Å². The molecular formula is C27H23N5O4S. The highest BCUT2D eigenvalue weighted by Crippen LogP contribution is 2.40. The summed E-state index contributed by atoms with van der Waals surface area (Å²) in [6, 6.07) is 24.1. The van der Waals surface area contributed by atoms with Crippen LogP contribution in [0.15, 0.2) is 95.5 Å². The second kappa shape index (κ2) is 10.6. The van der Waals surface area contributed by atoms with Gasteiger partial charge in [0.25, 0.3) is 5.69 Å². The highest BCUT2D eigenvalue weighted by atomic mass is 32.1. The molecule has 0 aliphatic carbocycles. The van der Waals surface area contributed by atoms with Crippen LogP contribution in [-0.2, 0) is 4.79 Å². The van der Waals surface area contributed by atoms with Crippen LogP contribution >= 0.6 is 12.2 Å². The zero-order chi connectivity index (χ0) is 25.8. The predicted molar refractivity (Wildman–Crippen MR) is 143 cm³/mol. The monoisotopic (exact) mass is 513 g/mol. The fourth-order valence-corrected chi connectivity index (χ4v) is 4.69. The summed E-state index contributed by atoms with van der Waals surface area (Å²) in [4.78, 5) is 29.9. The number of nitro benzene ring substituents is 1. The smallest absolute Gasteiger partial charge is 0.270 e. The van der Waals surface area contributed by atoms with Gasteiger partial charge in [-0.2, -0.15) is 0 Å². The van der Waals surface area contributed by atoms with Crippen LogP contribution in [0.3, 0.4) is 0 Å². The lowest BCUT2D eigenvalue weighted by molar-refractivity contribution is -0.384. The van der Waals surface area contributed by atoms with E-state index in [1.165, 1.54) is 12.1 Å². The Labute approximate surface area is 218 Å². The lowest BCUT2D eigenvalue weighted by atomic mass is 10.0. The summed E-state index contributed by atoms with van der Waals surface area (Å²) in [5, 5.41) is 17.9. The number of benzene rings is 2. The quantitative estimate of drug-likeness (QED) is 0.187. The molecule has 1 amide bonds. The zero-order valence-corrected chi connectivity index (χ0v) is 20.4. The number of thiocarbonyl (C=S) groups is 1. The van der Waals surface area contributed by atoms with Gasteiger partial charge in [0.15, 0.2) is 5.11 Å². The minimum atomic E-state index is -0.438. The number of carbonyl (C=O) groups excluding carboxylic acids is 1. The average molecular weight is 514 g/mol. The molecule has 0 bridgehead atoms. The highest BCUT2D eigenvalue weighted by molar-refractivity contribution is 7.80. The number of hydrogen-bond donors (Lipinski definition) is 2. The zero-order valence-electron chi connectivity index (χ0n) is 19.6. The molecule has 1 aliphatic rings. The Bertz CT molecular complexity index is 1430. The van der Waals surface area contributed by atoms with Crippen LogP contribution < -0.4 is 10.6 Å². The Kier molecular flexibility index (Phi) is 6.91. The van der Waals surface area contributed by atoms with E-state index in [0.717, 1.165) is 11.4 Å². The van der Waals surface area contributed by atoms with E-state index in [4.69, 9.17) is 16.6 Å². The number of pyridine rings is 1. The molecule has 0 saturated carbocycles. The van der Waals surface area contributed by atoms with Gasteiger partial charge in [-0.25, -0.2) is 0 Å². The standard InChI is InChI=1S/C27H23N5O4S/c33-24(29-19-8-2-1-3-9-19)14-16-31-26(25(30-27(31)37)21-11-4-5-15-28-21)23-13-12-22(36-23)18-7-6-10-20(17-18)32(34)35/h1-13,15,17,25-26H,14,16H2,(H,29,33)(H,30,37). The van der Waals surface area contributed by atoms with E-state index >= 15 is 0 Å². The molecule has 2 unspecified atom stereocenters. The number of anilines is 1. The minimum absolute atomic E-state index is 0.0171. The van der Waals surface area contributed by atoms with Crippen LogP contribution in [0.4, 0.5) is 11.4 Å². The van der Waals surface area contributed by atoms with Gasteiger partial charge < -0.3 is 20.0 Å². The molecule has 1 saturated heterocycles. The lowest BCUT2D eigenvalue weighted by Gasteiger charge is -2.25. The van der Waals surface area contributed by atoms with Crippen molar-refractivity contribution < 1.29 is 14.1 Å². The van der Waals surface area contributed by atoms with E-state index in [1.54, 1.807) is 24.4 Å². The van der Waals surface area contributed by atoms with Gasteiger partial charge in [0.05, 0.1) is 16.7 Å². The summed E-state index contributed by atoms with van der Waals surface area (Å²) in [6.45, 7) is 0.353. The number of hydrogen-bond acceptors (Lipinski definition) is 6. The average Bonchev–Trinajstić information content (AvgIpc) is 3.53. The van der Waals surface area contributed by atoms with Crippen LogP contribution in [0.1, 0.15) is 30.0 Å². The summed E-state index contributed by atoms with van der Waals surface area (Å²) >= 11 is 5.66. The predicted octanol–water partition coefficient (Wildman–Crippen LogP) is 5.25. The molecule has 2 aromatic heterocycles. The van der Waals surface area contributed by atoms with E-state index in [0.29, 0.717) is 28.7 Å². The first kappa shape index (κ1) is 24.1. The maximum absolute atomic E-state index is 12.7. The van der Waals surface area contributed by atoms with Gasteiger partial charge in [-0.3, -0.25) is 19.9 Å². The maximum atomic E-state index is 12.7. The normalized spacial score (nSPS) is 16.9. The molecule has 186 valence electrons. The number of furan rings is 1. The summed E-state index contributed by atoms with van der Waals surface area (Å²) in [6.07, 6.45) is 1.92. The van der Waals surface area contributed by atoms with Gasteiger partial charge in [-0.15, -0.1) is 0 Å². The van der Waals surface area contributed by atoms with E-state index in [-0.39, 0.29) is 30.1 Å². The van der Waals surface area contributed by atoms with Gasteiger partial charge in [-0.05, 0) is 48.6 Å². The number of carbonyl (C=O) groups is 1. The molecule has 5 rings (SSSR count). The largest absolute Gasteiger partial charge is 0.459 e. The van der Waals surface area contributed by atoms with Crippen molar-refractivity contribution in [1.29, 1.82) is 0 Å². The molecular weight excluding hydrogens is 490 g/mol. The molecule has 10 heteroatoms. The Balaban J connectivity index is 1.42. The van der Waals surface area contributed by atoms with Crippen LogP contribution in [0.2, 0.25) is 0 Å². The summed E-state index contributed by atoms with van der Waals surface area (Å²) in [7, 11) is 0. The van der Waals surface area contributed by atoms with Crippen molar-refractivity contribution in [3.63, 3.8) is 0 Å². The van der Waals surface area contributed by atoms with Crippen LogP contribution in [0, 0.1) is 10.1 Å². The highest BCUT2D eigenvalue weighted by Gasteiger charge is 2.41. The van der Waals surface area contributed by atoms with Gasteiger partial charge in [0, 0.05) is 42.5 Å². The van der Waals surface area contributed by atoms with Crippen molar-refractivity contribution in [3.8, 4) is 11.3 Å². The third-order valence-electron chi connectivity index (χ3n) is 6.09. The minimum Gasteiger partial charge on any atom is -0.459 e. The third kappa shape index (κ3) is 5.34. The van der Waals surface area contributed by atoms with Crippen molar-refractivity contribution in [2.24, 2.45) is 0 Å². The number of nitro groups is 1. The third-order valence-corrected chi connectivity index (χ3v) is 6.45. The lowest BCUT2D eigenvalue weighted by Crippen LogP contribution is -2.32. The van der Waals surface area contributed by atoms with Gasteiger partial charge in [-0.1, -0.05) is 36.4 Å². The van der Waals surface area contributed by atoms with E-state index < -0.39 is 4.92 Å². The van der Waals surface area contributed by atoms with Gasteiger partial charge in [0.2, 0.25) is 5.91 Å². The second-order valence-corrected chi connectivity index (χ2v) is 8.88. The van der Waals surface area contributed by atoms with E-state index in [9.17, 15) is 14.9 Å². The van der Waals surface area contributed by atoms with Gasteiger partial charge in [0.1, 0.15) is 17.6 Å². The summed E-state index contributed by atoms with van der Waals surface area (Å²) < 4.78 is 6.23. The fourth-order valence-electron chi connectivity index (χ4n) is 4.36. The first-order valence-electron chi connectivity index (χ1n) is 11.7. The van der Waals surface area contributed by atoms with Crippen molar-refractivity contribution in [1.82, 2.24) is 15.2 Å². The molecule has 4 aromatic rings. The number of nitrogens with one attached hydrogen (secondary N) is 2. The van der Waals surface area contributed by atoms with Gasteiger partial charge >= 0.3 is 0 Å². The number of rotatable bonds is 8. The second-order valence-electron chi connectivity index (χ2n) is 8.49. The summed E-state index contributed by atoms with van der Waals surface area (Å²) in [5.41, 5.74) is 2.08. The van der Waals surface area contributed by atoms with Crippen molar-refractivity contribution in [2.75, 3.05) is 11.9 Å². The van der Waals surface area contributed by atoms with Crippen molar-refractivity contribution in [2.45, 2.75) is 18.5 Å². The molecule has 9 nitrogen and oxygen atoms in total. The molecule has 3 heterocycles. The number of para-hydroxylation sites is 1. The maximum Gasteiger partial charge on any atom is 0.270 e. The SMILES string of the molecule is O=C(CCN1C(=S)NC(c2ccccn2)C1c1ccc(-c2cccc([N+](=O)[O-])c2)o1)Nc1ccccc1. The fraction of sp³-hybridized carbons (Fsp3) is 0.148. The Morgan fingerprint density at radius 1 is 1.08 bits per heavy atom. The first-order chi connectivity index (χ1) is 18.0. The van der Waals surface area contributed by atoms with E-state index in [1.807, 2.05) is 59.5 Å². The number of amides is 1. The number of non-ortho nitro benzene ring substituents is 1. The molecule has 2 atom stereocenters. The topological polar surface area (TPSA) is 114 Å². The van der Waals surface area contributed by atoms with Crippen LogP contribution in [0.5, 0.6) is 0 Å². The van der Waals surface area contributed by atoms with Crippen LogP contribution in [0.25, 0.3) is 11.3 Å². The van der Waals surface area contributed by atoms with Crippen LogP contribution in [-0.4, -0.2) is 32.4 Å². The Hall–Kier alpha value is -4.57. The molecule has 0 spiro atoms. The van der Waals surface area contributed by atoms with Crippen molar-refractivity contribution in [3.05, 3.63) is 113 Å². The summed E-state index contributed by atoms with van der Waals surface area (Å²) in [5.74, 6) is 0.969. The molecule has 2 aromatic carbocycles. The number of aromatic nitrogens is 1. The molecule has 1 fully saturated rings. The molecule has 0 radical (unpaired) electrons. The number of nitrogens with zero attached hydrogens (tertiary/aromatic N) is 3. The molecule has 2 N–H and O–H groups in total. The Morgan fingerprint density at radius 2 is 1.89 bits per heavy atom. The molecule has 1 aliphatic heterocycles.